The largest absolute Gasteiger partial charge is 0.325 e. The van der Waals surface area contributed by atoms with E-state index in [1.165, 1.54) is 12.8 Å². The lowest BCUT2D eigenvalue weighted by molar-refractivity contribution is -0.130. The molecule has 0 spiro atoms. The van der Waals surface area contributed by atoms with Gasteiger partial charge in [0.1, 0.15) is 0 Å². The molecule has 1 saturated carbocycles. The first-order valence-corrected chi connectivity index (χ1v) is 8.87. The van der Waals surface area contributed by atoms with E-state index in [0.29, 0.717) is 11.8 Å². The number of nitrogens with zero attached hydrogens (tertiary/aromatic N) is 2. The molecule has 4 nitrogen and oxygen atoms in total. The van der Waals surface area contributed by atoms with Crippen molar-refractivity contribution in [1.82, 2.24) is 15.1 Å². The molecule has 0 aromatic heterocycles. The van der Waals surface area contributed by atoms with Crippen molar-refractivity contribution in [3.8, 4) is 0 Å². The molecule has 0 radical (unpaired) electrons. The summed E-state index contributed by atoms with van der Waals surface area (Å²) in [5.74, 6) is 0.890. The van der Waals surface area contributed by atoms with Gasteiger partial charge in [0, 0.05) is 19.1 Å². The monoisotopic (exact) mass is 295 g/mol. The molecule has 4 heteroatoms. The van der Waals surface area contributed by atoms with Gasteiger partial charge in [0.2, 0.25) is 5.91 Å². The SMILES string of the molecule is CCCC1NC(CC(C)C)C(=O)N1CCN(CC)C1CC1. The molecule has 2 fully saturated rings. The van der Waals surface area contributed by atoms with Crippen molar-refractivity contribution in [2.45, 2.75) is 78.0 Å². The van der Waals surface area contributed by atoms with Crippen LogP contribution in [0, 0.1) is 5.92 Å². The molecule has 1 aliphatic carbocycles. The van der Waals surface area contributed by atoms with Crippen molar-refractivity contribution in [1.29, 1.82) is 0 Å². The molecule has 21 heavy (non-hydrogen) atoms. The van der Waals surface area contributed by atoms with E-state index in [2.05, 4.69) is 42.8 Å². The summed E-state index contributed by atoms with van der Waals surface area (Å²) in [5.41, 5.74) is 0. The Bertz CT molecular complexity index is 341. The van der Waals surface area contributed by atoms with Crippen molar-refractivity contribution in [3.63, 3.8) is 0 Å². The minimum absolute atomic E-state index is 0.0394. The first-order chi connectivity index (χ1) is 10.1. The average molecular weight is 295 g/mol. The lowest BCUT2D eigenvalue weighted by Gasteiger charge is -2.28. The van der Waals surface area contributed by atoms with E-state index < -0.39 is 0 Å². The normalized spacial score (nSPS) is 26.4. The van der Waals surface area contributed by atoms with Gasteiger partial charge in [-0.1, -0.05) is 34.1 Å². The van der Waals surface area contributed by atoms with E-state index >= 15 is 0 Å². The third kappa shape index (κ3) is 4.43. The van der Waals surface area contributed by atoms with Crippen LogP contribution in [0.15, 0.2) is 0 Å². The van der Waals surface area contributed by atoms with Gasteiger partial charge in [0.15, 0.2) is 0 Å². The maximum Gasteiger partial charge on any atom is 0.241 e. The zero-order chi connectivity index (χ0) is 15.4. The molecule has 0 bridgehead atoms. The highest BCUT2D eigenvalue weighted by Gasteiger charge is 2.38. The Hall–Kier alpha value is -0.610. The maximum absolute atomic E-state index is 12.7. The predicted octanol–water partition coefficient (Wildman–Crippen LogP) is 2.44. The molecule has 1 aliphatic heterocycles. The van der Waals surface area contributed by atoms with Gasteiger partial charge in [-0.2, -0.15) is 0 Å². The first-order valence-electron chi connectivity index (χ1n) is 8.87. The van der Waals surface area contributed by atoms with Crippen molar-refractivity contribution in [3.05, 3.63) is 0 Å². The lowest BCUT2D eigenvalue weighted by atomic mass is 10.0. The van der Waals surface area contributed by atoms with Gasteiger partial charge in [-0.25, -0.2) is 0 Å². The van der Waals surface area contributed by atoms with Gasteiger partial charge in [-0.05, 0) is 38.1 Å². The summed E-state index contributed by atoms with van der Waals surface area (Å²) in [7, 11) is 0. The van der Waals surface area contributed by atoms with E-state index in [-0.39, 0.29) is 12.2 Å². The molecule has 2 rings (SSSR count). The van der Waals surface area contributed by atoms with Crippen LogP contribution < -0.4 is 5.32 Å². The number of nitrogens with one attached hydrogen (secondary N) is 1. The number of carbonyl (C=O) groups is 1. The van der Waals surface area contributed by atoms with Gasteiger partial charge < -0.3 is 4.90 Å². The molecule has 1 N–H and O–H groups in total. The van der Waals surface area contributed by atoms with Crippen molar-refractivity contribution in [2.75, 3.05) is 19.6 Å². The van der Waals surface area contributed by atoms with E-state index in [4.69, 9.17) is 0 Å². The smallest absolute Gasteiger partial charge is 0.241 e. The molecule has 1 heterocycles. The van der Waals surface area contributed by atoms with Crippen LogP contribution in [0.25, 0.3) is 0 Å². The average Bonchev–Trinajstić information content (AvgIpc) is 3.22. The maximum atomic E-state index is 12.7. The summed E-state index contributed by atoms with van der Waals surface area (Å²) in [5, 5.41) is 3.57. The fourth-order valence-corrected chi connectivity index (χ4v) is 3.44. The number of hydrogen-bond donors (Lipinski definition) is 1. The van der Waals surface area contributed by atoms with E-state index in [1.807, 2.05) is 0 Å². The van der Waals surface area contributed by atoms with Gasteiger partial charge in [-0.15, -0.1) is 0 Å². The molecule has 1 amide bonds. The van der Waals surface area contributed by atoms with Crippen LogP contribution in [0.4, 0.5) is 0 Å². The van der Waals surface area contributed by atoms with Crippen molar-refractivity contribution < 1.29 is 4.79 Å². The van der Waals surface area contributed by atoms with Crippen LogP contribution in [-0.2, 0) is 4.79 Å². The standard InChI is InChI=1S/C17H33N3O/c1-5-7-16-18-15(12-13(3)4)17(21)20(16)11-10-19(6-2)14-8-9-14/h13-16,18H,5-12H2,1-4H3. The molecule has 2 unspecified atom stereocenters. The van der Waals surface area contributed by atoms with E-state index in [0.717, 1.165) is 44.9 Å². The quantitative estimate of drug-likeness (QED) is 0.710. The summed E-state index contributed by atoms with van der Waals surface area (Å²) in [6.45, 7) is 11.8. The highest BCUT2D eigenvalue weighted by atomic mass is 16.2. The van der Waals surface area contributed by atoms with Gasteiger partial charge >= 0.3 is 0 Å². The van der Waals surface area contributed by atoms with Crippen LogP contribution >= 0.6 is 0 Å². The lowest BCUT2D eigenvalue weighted by Crippen LogP contribution is -2.42. The Labute approximate surface area is 130 Å². The predicted molar refractivity (Wildman–Crippen MR) is 87.1 cm³/mol. The Morgan fingerprint density at radius 2 is 2.05 bits per heavy atom. The minimum atomic E-state index is 0.0394. The Balaban J connectivity index is 1.91. The number of carbonyl (C=O) groups excluding carboxylic acids is 1. The zero-order valence-corrected chi connectivity index (χ0v) is 14.3. The van der Waals surface area contributed by atoms with E-state index in [1.54, 1.807) is 0 Å². The summed E-state index contributed by atoms with van der Waals surface area (Å²) in [6.07, 6.45) is 6.08. The fourth-order valence-electron chi connectivity index (χ4n) is 3.44. The second kappa shape index (κ2) is 7.59. The highest BCUT2D eigenvalue weighted by Crippen LogP contribution is 2.27. The first kappa shape index (κ1) is 16.8. The number of hydrogen-bond acceptors (Lipinski definition) is 3. The molecule has 2 atom stereocenters. The summed E-state index contributed by atoms with van der Waals surface area (Å²) in [6, 6.07) is 0.828. The Morgan fingerprint density at radius 1 is 1.33 bits per heavy atom. The summed E-state index contributed by atoms with van der Waals surface area (Å²) >= 11 is 0. The molecule has 0 aromatic rings. The molecule has 0 aromatic carbocycles. The van der Waals surface area contributed by atoms with Crippen molar-refractivity contribution >= 4 is 5.91 Å². The van der Waals surface area contributed by atoms with Crippen LogP contribution in [0.2, 0.25) is 0 Å². The van der Waals surface area contributed by atoms with Gasteiger partial charge in [0.25, 0.3) is 0 Å². The molecule has 1 saturated heterocycles. The second-order valence-corrected chi connectivity index (χ2v) is 7.04. The van der Waals surface area contributed by atoms with Crippen LogP contribution in [-0.4, -0.2) is 53.6 Å². The Kier molecular flexibility index (Phi) is 6.06. The van der Waals surface area contributed by atoms with Crippen LogP contribution in [0.1, 0.15) is 59.8 Å². The number of rotatable bonds is 9. The van der Waals surface area contributed by atoms with Crippen molar-refractivity contribution in [2.24, 2.45) is 5.92 Å². The van der Waals surface area contributed by atoms with Gasteiger partial charge in [-0.3, -0.25) is 15.0 Å². The Morgan fingerprint density at radius 3 is 2.57 bits per heavy atom. The molecular weight excluding hydrogens is 262 g/mol. The third-order valence-corrected chi connectivity index (χ3v) is 4.72. The highest BCUT2D eigenvalue weighted by molar-refractivity contribution is 5.84. The summed E-state index contributed by atoms with van der Waals surface area (Å²) < 4.78 is 0. The van der Waals surface area contributed by atoms with Gasteiger partial charge in [0.05, 0.1) is 12.2 Å². The molecule has 122 valence electrons. The second-order valence-electron chi connectivity index (χ2n) is 7.04. The topological polar surface area (TPSA) is 35.6 Å². The number of likely N-dealkylation sites (N-methyl/N-ethyl adjacent to an activating group) is 1. The zero-order valence-electron chi connectivity index (χ0n) is 14.3. The fraction of sp³-hybridized carbons (Fsp3) is 0.941. The third-order valence-electron chi connectivity index (χ3n) is 4.72. The molecular formula is C17H33N3O. The number of amides is 1. The van der Waals surface area contributed by atoms with E-state index in [9.17, 15) is 4.79 Å². The summed E-state index contributed by atoms with van der Waals surface area (Å²) in [4.78, 5) is 17.3. The van der Waals surface area contributed by atoms with Crippen LogP contribution in [0.5, 0.6) is 0 Å². The minimum Gasteiger partial charge on any atom is -0.325 e. The molecule has 2 aliphatic rings. The van der Waals surface area contributed by atoms with Crippen LogP contribution in [0.3, 0.4) is 0 Å².